The smallest absolute Gasteiger partial charge is 0.343 e. The average Bonchev–Trinajstić information content (AvgIpc) is 2.28. The van der Waals surface area contributed by atoms with Crippen LogP contribution >= 0.6 is 0 Å². The van der Waals surface area contributed by atoms with Gasteiger partial charge in [0.2, 0.25) is 0 Å². The largest absolute Gasteiger partial charge is 0.477 e. The van der Waals surface area contributed by atoms with Crippen LogP contribution in [0.3, 0.4) is 0 Å². The van der Waals surface area contributed by atoms with Crippen LogP contribution in [-0.2, 0) is 0 Å². The summed E-state index contributed by atoms with van der Waals surface area (Å²) in [6.45, 7) is 3.58. The fourth-order valence-electron chi connectivity index (χ4n) is 1.95. The molecular formula is C12H13N3O3. The van der Waals surface area contributed by atoms with Gasteiger partial charge in [-0.1, -0.05) is 0 Å². The molecule has 0 unspecified atom stereocenters. The molecule has 0 spiro atoms. The fraction of sp³-hybridized carbons (Fsp3) is 0.250. The first-order chi connectivity index (χ1) is 8.45. The highest BCUT2D eigenvalue weighted by molar-refractivity contribution is 6.02. The quantitative estimate of drug-likeness (QED) is 0.832. The lowest BCUT2D eigenvalue weighted by Gasteiger charge is -2.15. The number of carboxylic acids is 1. The second-order valence-corrected chi connectivity index (χ2v) is 4.24. The standard InChI is InChI=1S/C12H13N3O3/c1-6(2)15-10-7(4-3-5-14-10)9(13)8(11(15)16)12(17)18/h3-6H,13H2,1-2H3,(H,17,18). The number of hydrogen-bond donors (Lipinski definition) is 2. The van der Waals surface area contributed by atoms with Gasteiger partial charge >= 0.3 is 5.97 Å². The monoisotopic (exact) mass is 247 g/mol. The average molecular weight is 247 g/mol. The van der Waals surface area contributed by atoms with Gasteiger partial charge in [-0.3, -0.25) is 9.36 Å². The molecule has 0 aromatic carbocycles. The lowest BCUT2D eigenvalue weighted by Crippen LogP contribution is -2.30. The molecule has 0 atom stereocenters. The maximum atomic E-state index is 12.1. The highest BCUT2D eigenvalue weighted by Crippen LogP contribution is 2.22. The van der Waals surface area contributed by atoms with Crippen molar-refractivity contribution in [1.82, 2.24) is 9.55 Å². The van der Waals surface area contributed by atoms with Crippen LogP contribution in [0, 0.1) is 0 Å². The first-order valence-corrected chi connectivity index (χ1v) is 5.47. The molecule has 94 valence electrons. The molecule has 0 aliphatic carbocycles. The third-order valence-corrected chi connectivity index (χ3v) is 2.74. The molecule has 0 radical (unpaired) electrons. The maximum absolute atomic E-state index is 12.1. The van der Waals surface area contributed by atoms with Gasteiger partial charge in [-0.05, 0) is 26.0 Å². The van der Waals surface area contributed by atoms with Crippen LogP contribution in [0.4, 0.5) is 5.69 Å². The zero-order chi connectivity index (χ0) is 13.4. The normalized spacial score (nSPS) is 11.1. The van der Waals surface area contributed by atoms with Gasteiger partial charge in [0.25, 0.3) is 5.56 Å². The predicted molar refractivity (Wildman–Crippen MR) is 67.8 cm³/mol. The van der Waals surface area contributed by atoms with Crippen LogP contribution in [0.5, 0.6) is 0 Å². The van der Waals surface area contributed by atoms with Crippen LogP contribution in [0.2, 0.25) is 0 Å². The van der Waals surface area contributed by atoms with E-state index < -0.39 is 17.1 Å². The summed E-state index contributed by atoms with van der Waals surface area (Å²) in [7, 11) is 0. The topological polar surface area (TPSA) is 98.2 Å². The summed E-state index contributed by atoms with van der Waals surface area (Å²) in [5, 5.41) is 9.57. The summed E-state index contributed by atoms with van der Waals surface area (Å²) in [5.41, 5.74) is 5.10. The molecule has 0 amide bonds. The van der Waals surface area contributed by atoms with E-state index >= 15 is 0 Å². The van der Waals surface area contributed by atoms with E-state index in [1.54, 1.807) is 32.2 Å². The van der Waals surface area contributed by atoms with Gasteiger partial charge in [0.1, 0.15) is 11.2 Å². The molecule has 0 bridgehead atoms. The number of nitrogens with two attached hydrogens (primary N) is 1. The van der Waals surface area contributed by atoms with E-state index in [4.69, 9.17) is 10.8 Å². The number of nitrogen functional groups attached to an aromatic ring is 1. The summed E-state index contributed by atoms with van der Waals surface area (Å²) in [6, 6.07) is 3.11. The molecule has 0 fully saturated rings. The first-order valence-electron chi connectivity index (χ1n) is 5.47. The SMILES string of the molecule is CC(C)n1c(=O)c(C(=O)O)c(N)c2cccnc21. The van der Waals surface area contributed by atoms with Gasteiger partial charge in [-0.2, -0.15) is 0 Å². The molecule has 3 N–H and O–H groups in total. The van der Waals surface area contributed by atoms with Gasteiger partial charge in [-0.25, -0.2) is 9.78 Å². The van der Waals surface area contributed by atoms with Gasteiger partial charge in [-0.15, -0.1) is 0 Å². The number of aromatic carboxylic acids is 1. The van der Waals surface area contributed by atoms with Crippen molar-refractivity contribution >= 4 is 22.7 Å². The van der Waals surface area contributed by atoms with Gasteiger partial charge < -0.3 is 10.8 Å². The minimum absolute atomic E-state index is 0.0347. The highest BCUT2D eigenvalue weighted by Gasteiger charge is 2.21. The molecular weight excluding hydrogens is 234 g/mol. The molecule has 18 heavy (non-hydrogen) atoms. The zero-order valence-corrected chi connectivity index (χ0v) is 10.0. The van der Waals surface area contributed by atoms with E-state index in [0.717, 1.165) is 0 Å². The van der Waals surface area contributed by atoms with Crippen molar-refractivity contribution in [3.63, 3.8) is 0 Å². The summed E-state index contributed by atoms with van der Waals surface area (Å²) >= 11 is 0. The predicted octanol–water partition coefficient (Wildman–Crippen LogP) is 1.26. The second-order valence-electron chi connectivity index (χ2n) is 4.24. The lowest BCUT2D eigenvalue weighted by atomic mass is 10.1. The van der Waals surface area contributed by atoms with Gasteiger partial charge in [0.15, 0.2) is 0 Å². The Morgan fingerprint density at radius 1 is 1.50 bits per heavy atom. The third-order valence-electron chi connectivity index (χ3n) is 2.74. The third kappa shape index (κ3) is 1.62. The van der Waals surface area contributed by atoms with Crippen molar-refractivity contribution in [1.29, 1.82) is 0 Å². The number of fused-ring (bicyclic) bond motifs is 1. The van der Waals surface area contributed by atoms with Crippen molar-refractivity contribution in [2.75, 3.05) is 5.73 Å². The highest BCUT2D eigenvalue weighted by atomic mass is 16.4. The molecule has 2 aromatic heterocycles. The molecule has 0 aliphatic heterocycles. The van der Waals surface area contributed by atoms with E-state index in [1.807, 2.05) is 0 Å². The summed E-state index contributed by atoms with van der Waals surface area (Å²) in [4.78, 5) is 27.4. The van der Waals surface area contributed by atoms with Crippen LogP contribution in [-0.4, -0.2) is 20.6 Å². The summed E-state index contributed by atoms with van der Waals surface area (Å²) in [6.07, 6.45) is 1.54. The van der Waals surface area contributed by atoms with E-state index in [2.05, 4.69) is 4.98 Å². The number of aromatic nitrogens is 2. The Balaban J connectivity index is 3.07. The number of hydrogen-bond acceptors (Lipinski definition) is 4. The molecule has 0 aliphatic rings. The van der Waals surface area contributed by atoms with Crippen molar-refractivity contribution in [3.05, 3.63) is 34.2 Å². The number of rotatable bonds is 2. The minimum Gasteiger partial charge on any atom is -0.477 e. The second kappa shape index (κ2) is 4.14. The summed E-state index contributed by atoms with van der Waals surface area (Å²) < 4.78 is 1.34. The first kappa shape index (κ1) is 12.1. The Kier molecular flexibility index (Phi) is 2.78. The van der Waals surface area contributed by atoms with Gasteiger partial charge in [0, 0.05) is 17.6 Å². The van der Waals surface area contributed by atoms with E-state index in [-0.39, 0.29) is 11.7 Å². The van der Waals surface area contributed by atoms with E-state index in [0.29, 0.717) is 11.0 Å². The molecule has 2 heterocycles. The van der Waals surface area contributed by atoms with Crippen molar-refractivity contribution in [3.8, 4) is 0 Å². The molecule has 6 nitrogen and oxygen atoms in total. The Morgan fingerprint density at radius 2 is 2.17 bits per heavy atom. The van der Waals surface area contributed by atoms with E-state index in [1.165, 1.54) is 4.57 Å². The molecule has 0 saturated carbocycles. The number of pyridine rings is 2. The van der Waals surface area contributed by atoms with Gasteiger partial charge in [0.05, 0.1) is 5.69 Å². The number of anilines is 1. The summed E-state index contributed by atoms with van der Waals surface area (Å²) in [5.74, 6) is -1.32. The Bertz CT molecular complexity index is 689. The van der Waals surface area contributed by atoms with Crippen LogP contribution in [0.1, 0.15) is 30.2 Å². The Labute approximate surface area is 103 Å². The maximum Gasteiger partial charge on any atom is 0.343 e. The molecule has 6 heteroatoms. The zero-order valence-electron chi connectivity index (χ0n) is 10.0. The van der Waals surface area contributed by atoms with Crippen LogP contribution in [0.15, 0.2) is 23.1 Å². The molecule has 2 rings (SSSR count). The van der Waals surface area contributed by atoms with Crippen molar-refractivity contribution in [2.45, 2.75) is 19.9 Å². The molecule has 0 saturated heterocycles. The van der Waals surface area contributed by atoms with E-state index in [9.17, 15) is 9.59 Å². The molecule has 2 aromatic rings. The number of carboxylic acid groups (broad SMARTS) is 1. The van der Waals surface area contributed by atoms with Crippen molar-refractivity contribution < 1.29 is 9.90 Å². The number of nitrogens with zero attached hydrogens (tertiary/aromatic N) is 2. The van der Waals surface area contributed by atoms with Crippen LogP contribution < -0.4 is 11.3 Å². The minimum atomic E-state index is -1.32. The van der Waals surface area contributed by atoms with Crippen molar-refractivity contribution in [2.24, 2.45) is 0 Å². The Hall–Kier alpha value is -2.37. The van der Waals surface area contributed by atoms with Crippen LogP contribution in [0.25, 0.3) is 11.0 Å². The lowest BCUT2D eigenvalue weighted by molar-refractivity contribution is 0.0695. The Morgan fingerprint density at radius 3 is 2.72 bits per heavy atom. The fourth-order valence-corrected chi connectivity index (χ4v) is 1.95. The number of carbonyl (C=O) groups is 1.